The molecule has 16 heteroatoms. The molecule has 4 atom stereocenters. The first-order valence-corrected chi connectivity index (χ1v) is 10.5. The van der Waals surface area contributed by atoms with E-state index in [9.17, 15) is 33.6 Å². The van der Waals surface area contributed by atoms with Crippen molar-refractivity contribution in [2.45, 2.75) is 69.1 Å². The molecule has 0 rings (SSSR count). The third-order valence-corrected chi connectivity index (χ3v) is 4.59. The summed E-state index contributed by atoms with van der Waals surface area (Å²) in [5.74, 6) is -9.35. The van der Waals surface area contributed by atoms with Crippen molar-refractivity contribution in [3.05, 3.63) is 0 Å². The number of hydrogen-bond acceptors (Lipinski definition) is 9. The van der Waals surface area contributed by atoms with Gasteiger partial charge in [-0.1, -0.05) is 6.42 Å². The molecule has 0 aromatic rings. The summed E-state index contributed by atoms with van der Waals surface area (Å²) in [5, 5.41) is 42.0. The van der Waals surface area contributed by atoms with E-state index in [2.05, 4.69) is 5.32 Å². The highest BCUT2D eigenvalue weighted by molar-refractivity contribution is 5.96. The third kappa shape index (κ3) is 13.5. The SMILES string of the molecule is NCCCCC(N)C(=O)NC(CC(=O)O)C(=O)NC(CC(=O)O)C(=O)NC(CCC(=O)O)C(=O)O. The standard InChI is InChI=1S/C19H31N5O11/c20-6-2-1-3-9(21)16(31)23-11(7-14(27)28)18(33)24-12(8-15(29)30)17(32)22-10(19(34)35)4-5-13(25)26/h9-12H,1-8,20-21H2,(H,22,32)(H,23,31)(H,24,33)(H,25,26)(H,27,28)(H,29,30)(H,34,35). The summed E-state index contributed by atoms with van der Waals surface area (Å²) in [6.45, 7) is 0.366. The van der Waals surface area contributed by atoms with E-state index in [-0.39, 0.29) is 6.42 Å². The zero-order valence-electron chi connectivity index (χ0n) is 18.8. The fraction of sp³-hybridized carbons (Fsp3) is 0.632. The van der Waals surface area contributed by atoms with Crippen molar-refractivity contribution in [1.29, 1.82) is 0 Å². The predicted octanol–water partition coefficient (Wildman–Crippen LogP) is -3.20. The molecule has 198 valence electrons. The fourth-order valence-electron chi connectivity index (χ4n) is 2.76. The average Bonchev–Trinajstić information content (AvgIpc) is 2.74. The molecular formula is C19H31N5O11. The van der Waals surface area contributed by atoms with E-state index >= 15 is 0 Å². The molecule has 0 aromatic carbocycles. The van der Waals surface area contributed by atoms with Crippen LogP contribution in [0.3, 0.4) is 0 Å². The molecular weight excluding hydrogens is 474 g/mol. The number of carboxylic acids is 4. The Kier molecular flexibility index (Phi) is 14.2. The Morgan fingerprint density at radius 2 is 1.09 bits per heavy atom. The van der Waals surface area contributed by atoms with Crippen LogP contribution in [0.25, 0.3) is 0 Å². The van der Waals surface area contributed by atoms with Gasteiger partial charge in [-0.15, -0.1) is 0 Å². The fourth-order valence-corrected chi connectivity index (χ4v) is 2.76. The van der Waals surface area contributed by atoms with Gasteiger partial charge in [0.2, 0.25) is 17.7 Å². The minimum absolute atomic E-state index is 0.196. The van der Waals surface area contributed by atoms with E-state index in [0.29, 0.717) is 19.4 Å². The number of rotatable bonds is 18. The van der Waals surface area contributed by atoms with Crippen LogP contribution in [0.2, 0.25) is 0 Å². The van der Waals surface area contributed by atoms with Gasteiger partial charge in [0.15, 0.2) is 0 Å². The predicted molar refractivity (Wildman–Crippen MR) is 116 cm³/mol. The third-order valence-electron chi connectivity index (χ3n) is 4.59. The normalized spacial score (nSPS) is 14.0. The maximum atomic E-state index is 12.6. The molecule has 0 saturated heterocycles. The second-order valence-corrected chi connectivity index (χ2v) is 7.54. The van der Waals surface area contributed by atoms with Crippen molar-refractivity contribution in [3.63, 3.8) is 0 Å². The summed E-state index contributed by atoms with van der Waals surface area (Å²) in [6.07, 6.45) is -1.82. The lowest BCUT2D eigenvalue weighted by atomic mass is 10.1. The van der Waals surface area contributed by atoms with Crippen molar-refractivity contribution in [2.24, 2.45) is 11.5 Å². The Bertz CT molecular complexity index is 804. The number of carbonyl (C=O) groups is 7. The van der Waals surface area contributed by atoms with Gasteiger partial charge in [0, 0.05) is 6.42 Å². The molecule has 11 N–H and O–H groups in total. The van der Waals surface area contributed by atoms with Crippen LogP contribution in [0.4, 0.5) is 0 Å². The van der Waals surface area contributed by atoms with E-state index in [1.54, 1.807) is 0 Å². The number of carbonyl (C=O) groups excluding carboxylic acids is 3. The van der Waals surface area contributed by atoms with Gasteiger partial charge in [-0.25, -0.2) is 4.79 Å². The smallest absolute Gasteiger partial charge is 0.326 e. The van der Waals surface area contributed by atoms with Crippen molar-refractivity contribution < 1.29 is 54.0 Å². The minimum atomic E-state index is -1.86. The van der Waals surface area contributed by atoms with E-state index < -0.39 is 91.4 Å². The van der Waals surface area contributed by atoms with Crippen LogP contribution >= 0.6 is 0 Å². The van der Waals surface area contributed by atoms with Gasteiger partial charge < -0.3 is 47.8 Å². The van der Waals surface area contributed by atoms with Gasteiger partial charge in [0.25, 0.3) is 0 Å². The summed E-state index contributed by atoms with van der Waals surface area (Å²) in [4.78, 5) is 81.6. The van der Waals surface area contributed by atoms with E-state index in [1.165, 1.54) is 0 Å². The van der Waals surface area contributed by atoms with Crippen molar-refractivity contribution in [1.82, 2.24) is 16.0 Å². The second-order valence-electron chi connectivity index (χ2n) is 7.54. The minimum Gasteiger partial charge on any atom is -0.481 e. The molecule has 0 bridgehead atoms. The van der Waals surface area contributed by atoms with Crippen molar-refractivity contribution >= 4 is 41.6 Å². The van der Waals surface area contributed by atoms with Gasteiger partial charge in [-0.3, -0.25) is 28.8 Å². The van der Waals surface area contributed by atoms with Crippen LogP contribution in [0, 0.1) is 0 Å². The Labute approximate surface area is 199 Å². The molecule has 35 heavy (non-hydrogen) atoms. The van der Waals surface area contributed by atoms with Gasteiger partial charge in [0.05, 0.1) is 18.9 Å². The number of unbranched alkanes of at least 4 members (excludes halogenated alkanes) is 1. The second kappa shape index (κ2) is 15.9. The summed E-state index contributed by atoms with van der Waals surface area (Å²) >= 11 is 0. The van der Waals surface area contributed by atoms with Gasteiger partial charge >= 0.3 is 23.9 Å². The van der Waals surface area contributed by atoms with Gasteiger partial charge in [-0.05, 0) is 25.8 Å². The topological polar surface area (TPSA) is 289 Å². The Hall–Kier alpha value is -3.79. The maximum absolute atomic E-state index is 12.6. The van der Waals surface area contributed by atoms with Crippen LogP contribution < -0.4 is 27.4 Å². The highest BCUT2D eigenvalue weighted by Crippen LogP contribution is 2.04. The van der Waals surface area contributed by atoms with Crippen LogP contribution in [0.15, 0.2) is 0 Å². The average molecular weight is 505 g/mol. The largest absolute Gasteiger partial charge is 0.481 e. The summed E-state index contributed by atoms with van der Waals surface area (Å²) in [5.41, 5.74) is 11.1. The summed E-state index contributed by atoms with van der Waals surface area (Å²) < 4.78 is 0. The molecule has 0 heterocycles. The lowest BCUT2D eigenvalue weighted by Gasteiger charge is -2.24. The molecule has 3 amide bonds. The molecule has 0 radical (unpaired) electrons. The summed E-state index contributed by atoms with van der Waals surface area (Å²) in [7, 11) is 0. The first kappa shape index (κ1) is 31.2. The van der Waals surface area contributed by atoms with Gasteiger partial charge in [0.1, 0.15) is 18.1 Å². The van der Waals surface area contributed by atoms with E-state index in [1.807, 2.05) is 10.6 Å². The molecule has 0 saturated carbocycles. The van der Waals surface area contributed by atoms with Crippen LogP contribution in [-0.2, 0) is 33.6 Å². The lowest BCUT2D eigenvalue weighted by Crippen LogP contribution is -2.57. The monoisotopic (exact) mass is 505 g/mol. The Balaban J connectivity index is 5.47. The molecule has 4 unspecified atom stereocenters. The zero-order valence-corrected chi connectivity index (χ0v) is 18.8. The van der Waals surface area contributed by atoms with E-state index in [0.717, 1.165) is 0 Å². The van der Waals surface area contributed by atoms with Crippen LogP contribution in [-0.4, -0.2) is 92.7 Å². The maximum Gasteiger partial charge on any atom is 0.326 e. The molecule has 0 aromatic heterocycles. The number of aliphatic carboxylic acids is 4. The molecule has 16 nitrogen and oxygen atoms in total. The zero-order chi connectivity index (χ0) is 27.1. The highest BCUT2D eigenvalue weighted by Gasteiger charge is 2.32. The molecule has 0 spiro atoms. The Morgan fingerprint density at radius 3 is 1.49 bits per heavy atom. The number of carboxylic acid groups (broad SMARTS) is 4. The summed E-state index contributed by atoms with van der Waals surface area (Å²) in [6, 6.07) is -6.38. The number of nitrogens with one attached hydrogen (secondary N) is 3. The number of amides is 3. The van der Waals surface area contributed by atoms with Crippen LogP contribution in [0.1, 0.15) is 44.9 Å². The number of nitrogens with two attached hydrogens (primary N) is 2. The number of hydrogen-bond donors (Lipinski definition) is 9. The quantitative estimate of drug-likeness (QED) is 0.0830. The molecule has 0 aliphatic carbocycles. The molecule has 0 aliphatic rings. The first-order valence-electron chi connectivity index (χ1n) is 10.5. The molecule has 0 fully saturated rings. The van der Waals surface area contributed by atoms with Gasteiger partial charge in [-0.2, -0.15) is 0 Å². The van der Waals surface area contributed by atoms with Crippen molar-refractivity contribution in [3.8, 4) is 0 Å². The van der Waals surface area contributed by atoms with E-state index in [4.69, 9.17) is 31.9 Å². The molecule has 0 aliphatic heterocycles. The lowest BCUT2D eigenvalue weighted by molar-refractivity contribution is -0.145. The van der Waals surface area contributed by atoms with Crippen LogP contribution in [0.5, 0.6) is 0 Å². The first-order chi connectivity index (χ1) is 16.3. The van der Waals surface area contributed by atoms with Crippen molar-refractivity contribution in [2.75, 3.05) is 6.54 Å². The Morgan fingerprint density at radius 1 is 0.629 bits per heavy atom. The highest BCUT2D eigenvalue weighted by atomic mass is 16.4.